The highest BCUT2D eigenvalue weighted by Gasteiger charge is 2.24. The standard InChI is InChI=1S/C16H25N3O2.2ClH/c1-12(2)15(19-6-8-21-9-7-19)11-18-16(20)13-4-3-5-14(17)10-13;;/h3-5,10,12,15H,6-9,11,17H2,1-2H3,(H,18,20);2*1H. The van der Waals surface area contributed by atoms with Crippen LogP contribution in [0.2, 0.25) is 0 Å². The average molecular weight is 364 g/mol. The van der Waals surface area contributed by atoms with Crippen LogP contribution in [0, 0.1) is 5.92 Å². The summed E-state index contributed by atoms with van der Waals surface area (Å²) in [5.41, 5.74) is 6.93. The third-order valence-electron chi connectivity index (χ3n) is 3.90. The topological polar surface area (TPSA) is 67.6 Å². The zero-order chi connectivity index (χ0) is 15.2. The second-order valence-electron chi connectivity index (χ2n) is 5.80. The van der Waals surface area contributed by atoms with Gasteiger partial charge in [0.2, 0.25) is 0 Å². The van der Waals surface area contributed by atoms with Gasteiger partial charge in [-0.15, -0.1) is 24.8 Å². The second-order valence-corrected chi connectivity index (χ2v) is 5.80. The number of carbonyl (C=O) groups is 1. The molecular formula is C16H27Cl2N3O2. The minimum absolute atomic E-state index is 0. The molecule has 23 heavy (non-hydrogen) atoms. The number of nitrogens with two attached hydrogens (primary N) is 1. The Morgan fingerprint density at radius 2 is 1.96 bits per heavy atom. The van der Waals surface area contributed by atoms with Crippen LogP contribution in [0.5, 0.6) is 0 Å². The molecule has 1 heterocycles. The van der Waals surface area contributed by atoms with Crippen LogP contribution in [0.25, 0.3) is 0 Å². The second kappa shape index (κ2) is 10.7. The molecule has 1 saturated heterocycles. The van der Waals surface area contributed by atoms with Crippen molar-refractivity contribution in [2.75, 3.05) is 38.6 Å². The maximum Gasteiger partial charge on any atom is 0.251 e. The highest BCUT2D eigenvalue weighted by molar-refractivity contribution is 5.95. The smallest absolute Gasteiger partial charge is 0.251 e. The molecule has 7 heteroatoms. The van der Waals surface area contributed by atoms with Gasteiger partial charge < -0.3 is 15.8 Å². The van der Waals surface area contributed by atoms with Crippen molar-refractivity contribution in [3.63, 3.8) is 0 Å². The lowest BCUT2D eigenvalue weighted by atomic mass is 10.0. The summed E-state index contributed by atoms with van der Waals surface area (Å²) in [6, 6.07) is 7.39. The molecule has 132 valence electrons. The number of halogens is 2. The lowest BCUT2D eigenvalue weighted by molar-refractivity contribution is 0.00673. The van der Waals surface area contributed by atoms with E-state index in [-0.39, 0.29) is 30.7 Å². The zero-order valence-corrected chi connectivity index (χ0v) is 15.3. The number of nitrogens with one attached hydrogen (secondary N) is 1. The number of anilines is 1. The molecular weight excluding hydrogens is 337 g/mol. The predicted molar refractivity (Wildman–Crippen MR) is 98.7 cm³/mol. The fourth-order valence-electron chi connectivity index (χ4n) is 2.67. The van der Waals surface area contributed by atoms with E-state index in [0.717, 1.165) is 26.3 Å². The van der Waals surface area contributed by atoms with Gasteiger partial charge in [-0.3, -0.25) is 9.69 Å². The maximum atomic E-state index is 12.2. The molecule has 1 aliphatic rings. The number of hydrogen-bond acceptors (Lipinski definition) is 4. The molecule has 1 aliphatic heterocycles. The van der Waals surface area contributed by atoms with Crippen LogP contribution in [0.4, 0.5) is 5.69 Å². The van der Waals surface area contributed by atoms with Crippen LogP contribution in [-0.4, -0.2) is 49.7 Å². The number of carbonyl (C=O) groups excluding carboxylic acids is 1. The monoisotopic (exact) mass is 363 g/mol. The first kappa shape index (κ1) is 22.0. The Balaban J connectivity index is 0.00000242. The van der Waals surface area contributed by atoms with Gasteiger partial charge in [0.1, 0.15) is 0 Å². The van der Waals surface area contributed by atoms with Gasteiger partial charge in [-0.2, -0.15) is 0 Å². The third-order valence-corrected chi connectivity index (χ3v) is 3.90. The van der Waals surface area contributed by atoms with E-state index in [0.29, 0.717) is 29.8 Å². The van der Waals surface area contributed by atoms with E-state index >= 15 is 0 Å². The quantitative estimate of drug-likeness (QED) is 0.786. The summed E-state index contributed by atoms with van der Waals surface area (Å²) in [6.07, 6.45) is 0. The molecule has 0 spiro atoms. The van der Waals surface area contributed by atoms with Crippen LogP contribution in [-0.2, 0) is 4.74 Å². The fraction of sp³-hybridized carbons (Fsp3) is 0.562. The van der Waals surface area contributed by atoms with Crippen molar-refractivity contribution in [1.82, 2.24) is 10.2 Å². The molecule has 3 N–H and O–H groups in total. The zero-order valence-electron chi connectivity index (χ0n) is 13.7. The van der Waals surface area contributed by atoms with Gasteiger partial charge in [0.05, 0.1) is 13.2 Å². The van der Waals surface area contributed by atoms with Gasteiger partial charge in [-0.1, -0.05) is 19.9 Å². The molecule has 1 aromatic carbocycles. The lowest BCUT2D eigenvalue weighted by Gasteiger charge is -2.36. The number of morpholine rings is 1. The molecule has 0 aliphatic carbocycles. The minimum atomic E-state index is -0.0683. The van der Waals surface area contributed by atoms with Crippen LogP contribution in [0.15, 0.2) is 24.3 Å². The SMILES string of the molecule is CC(C)C(CNC(=O)c1cccc(N)c1)N1CCOCC1.Cl.Cl. The molecule has 1 unspecified atom stereocenters. The van der Waals surface area contributed by atoms with Crippen LogP contribution in [0.3, 0.4) is 0 Å². The van der Waals surface area contributed by atoms with Crippen molar-refractivity contribution in [2.45, 2.75) is 19.9 Å². The van der Waals surface area contributed by atoms with Crippen molar-refractivity contribution < 1.29 is 9.53 Å². The summed E-state index contributed by atoms with van der Waals surface area (Å²) >= 11 is 0. The van der Waals surface area contributed by atoms with Crippen molar-refractivity contribution in [1.29, 1.82) is 0 Å². The van der Waals surface area contributed by atoms with Crippen molar-refractivity contribution in [3.8, 4) is 0 Å². The normalized spacial score (nSPS) is 16.1. The molecule has 0 bridgehead atoms. The van der Waals surface area contributed by atoms with Crippen molar-refractivity contribution in [3.05, 3.63) is 29.8 Å². The summed E-state index contributed by atoms with van der Waals surface area (Å²) in [7, 11) is 0. The van der Waals surface area contributed by atoms with E-state index < -0.39 is 0 Å². The molecule has 2 rings (SSSR count). The largest absolute Gasteiger partial charge is 0.399 e. The first-order chi connectivity index (χ1) is 10.1. The van der Waals surface area contributed by atoms with Gasteiger partial charge >= 0.3 is 0 Å². The van der Waals surface area contributed by atoms with Crippen LogP contribution < -0.4 is 11.1 Å². The fourth-order valence-corrected chi connectivity index (χ4v) is 2.67. The number of nitrogens with zero attached hydrogens (tertiary/aromatic N) is 1. The third kappa shape index (κ3) is 6.55. The van der Waals surface area contributed by atoms with E-state index in [9.17, 15) is 4.79 Å². The highest BCUT2D eigenvalue weighted by Crippen LogP contribution is 2.13. The lowest BCUT2D eigenvalue weighted by Crippen LogP contribution is -2.51. The van der Waals surface area contributed by atoms with Crippen molar-refractivity contribution >= 4 is 36.4 Å². The van der Waals surface area contributed by atoms with Gasteiger partial charge in [0.25, 0.3) is 5.91 Å². The number of amides is 1. The van der Waals surface area contributed by atoms with E-state index in [1.54, 1.807) is 24.3 Å². The summed E-state index contributed by atoms with van der Waals surface area (Å²) in [5.74, 6) is 0.408. The molecule has 1 amide bonds. The summed E-state index contributed by atoms with van der Waals surface area (Å²) in [4.78, 5) is 14.6. The predicted octanol–water partition coefficient (Wildman–Crippen LogP) is 2.20. The van der Waals surface area contributed by atoms with Crippen LogP contribution in [0.1, 0.15) is 24.2 Å². The van der Waals surface area contributed by atoms with E-state index in [2.05, 4.69) is 24.1 Å². The first-order valence-electron chi connectivity index (χ1n) is 7.53. The van der Waals surface area contributed by atoms with E-state index in [1.807, 2.05) is 0 Å². The molecule has 1 aromatic rings. The Kier molecular flexibility index (Phi) is 10.2. The van der Waals surface area contributed by atoms with Gasteiger partial charge in [-0.25, -0.2) is 0 Å². The summed E-state index contributed by atoms with van der Waals surface area (Å²) in [6.45, 7) is 8.41. The number of benzene rings is 1. The van der Waals surface area contributed by atoms with E-state index in [1.165, 1.54) is 0 Å². The van der Waals surface area contributed by atoms with Crippen LogP contribution >= 0.6 is 24.8 Å². The molecule has 5 nitrogen and oxygen atoms in total. The van der Waals surface area contributed by atoms with Gasteiger partial charge in [-0.05, 0) is 24.1 Å². The Labute approximate surface area is 150 Å². The molecule has 0 saturated carbocycles. The molecule has 1 atom stereocenters. The average Bonchev–Trinajstić information content (AvgIpc) is 2.48. The van der Waals surface area contributed by atoms with Gasteiger partial charge in [0.15, 0.2) is 0 Å². The number of nitrogen functional groups attached to an aromatic ring is 1. The van der Waals surface area contributed by atoms with E-state index in [4.69, 9.17) is 10.5 Å². The Morgan fingerprint density at radius 3 is 2.52 bits per heavy atom. The Bertz CT molecular complexity index is 480. The molecule has 0 aromatic heterocycles. The number of ether oxygens (including phenoxy) is 1. The minimum Gasteiger partial charge on any atom is -0.399 e. The molecule has 0 radical (unpaired) electrons. The Morgan fingerprint density at radius 1 is 1.30 bits per heavy atom. The Hall–Kier alpha value is -1.01. The van der Waals surface area contributed by atoms with Crippen molar-refractivity contribution in [2.24, 2.45) is 5.92 Å². The summed E-state index contributed by atoms with van der Waals surface area (Å²) in [5, 5.41) is 3.03. The maximum absolute atomic E-state index is 12.2. The highest BCUT2D eigenvalue weighted by atomic mass is 35.5. The number of rotatable bonds is 5. The van der Waals surface area contributed by atoms with Gasteiger partial charge in [0, 0.05) is 36.9 Å². The molecule has 1 fully saturated rings. The number of hydrogen-bond donors (Lipinski definition) is 2. The first-order valence-corrected chi connectivity index (χ1v) is 7.53. The summed E-state index contributed by atoms with van der Waals surface area (Å²) < 4.78 is 5.39.